The summed E-state index contributed by atoms with van der Waals surface area (Å²) in [6.45, 7) is 6.19. The van der Waals surface area contributed by atoms with Gasteiger partial charge in [-0.3, -0.25) is 9.59 Å². The van der Waals surface area contributed by atoms with Gasteiger partial charge in [-0.1, -0.05) is 49.4 Å². The van der Waals surface area contributed by atoms with Gasteiger partial charge in [0.25, 0.3) is 0 Å². The standard InChI is InChI=1S/C22H27FN2O2/c1-4-13-24-22(27)17(3)25(15-19-11-7-8-12-20(19)23)21(26)14-18-10-6-5-9-16(18)2/h5-12,17H,4,13-15H2,1-3H3,(H,24,27)/t17-/m1/s1. The molecule has 5 heteroatoms. The lowest BCUT2D eigenvalue weighted by atomic mass is 10.0. The van der Waals surface area contributed by atoms with Crippen molar-refractivity contribution in [2.75, 3.05) is 6.54 Å². The van der Waals surface area contributed by atoms with Gasteiger partial charge in [0.2, 0.25) is 11.8 Å². The Hall–Kier alpha value is -2.69. The fraction of sp³-hybridized carbons (Fsp3) is 0.364. The average Bonchev–Trinajstić information content (AvgIpc) is 2.66. The molecule has 2 amide bonds. The smallest absolute Gasteiger partial charge is 0.242 e. The zero-order valence-corrected chi connectivity index (χ0v) is 16.2. The molecule has 0 aliphatic rings. The van der Waals surface area contributed by atoms with E-state index in [1.807, 2.05) is 38.1 Å². The topological polar surface area (TPSA) is 49.4 Å². The Kier molecular flexibility index (Phi) is 7.53. The molecule has 0 spiro atoms. The molecular formula is C22H27FN2O2. The van der Waals surface area contributed by atoms with Gasteiger partial charge >= 0.3 is 0 Å². The second-order valence-electron chi connectivity index (χ2n) is 6.68. The third kappa shape index (κ3) is 5.64. The van der Waals surface area contributed by atoms with Gasteiger partial charge in [0.05, 0.1) is 6.42 Å². The summed E-state index contributed by atoms with van der Waals surface area (Å²) in [5.41, 5.74) is 2.31. The Bertz CT molecular complexity index is 791. The first-order chi connectivity index (χ1) is 12.9. The summed E-state index contributed by atoms with van der Waals surface area (Å²) in [6.07, 6.45) is 0.982. The fourth-order valence-corrected chi connectivity index (χ4v) is 2.86. The zero-order chi connectivity index (χ0) is 19.8. The molecule has 0 aliphatic heterocycles. The number of halogens is 1. The van der Waals surface area contributed by atoms with Gasteiger partial charge in [-0.25, -0.2) is 4.39 Å². The monoisotopic (exact) mass is 370 g/mol. The predicted octanol–water partition coefficient (Wildman–Crippen LogP) is 3.62. The molecule has 0 unspecified atom stereocenters. The van der Waals surface area contributed by atoms with Gasteiger partial charge in [-0.05, 0) is 37.5 Å². The first kappa shape index (κ1) is 20.6. The summed E-state index contributed by atoms with van der Waals surface area (Å²) in [5.74, 6) is -0.814. The maximum Gasteiger partial charge on any atom is 0.242 e. The molecule has 1 atom stereocenters. The Balaban J connectivity index is 2.25. The van der Waals surface area contributed by atoms with Gasteiger partial charge in [-0.15, -0.1) is 0 Å². The number of hydrogen-bond donors (Lipinski definition) is 1. The Labute approximate surface area is 160 Å². The van der Waals surface area contributed by atoms with Gasteiger partial charge in [0.1, 0.15) is 11.9 Å². The molecule has 0 aliphatic carbocycles. The van der Waals surface area contributed by atoms with Crippen molar-refractivity contribution in [3.05, 3.63) is 71.0 Å². The quantitative estimate of drug-likeness (QED) is 0.772. The second kappa shape index (κ2) is 9.86. The van der Waals surface area contributed by atoms with Crippen LogP contribution in [0, 0.1) is 12.7 Å². The molecule has 144 valence electrons. The summed E-state index contributed by atoms with van der Waals surface area (Å²) in [5, 5.41) is 2.82. The Morgan fingerprint density at radius 1 is 1.07 bits per heavy atom. The zero-order valence-electron chi connectivity index (χ0n) is 16.2. The van der Waals surface area contributed by atoms with Gasteiger partial charge in [0, 0.05) is 18.7 Å². The van der Waals surface area contributed by atoms with E-state index in [0.29, 0.717) is 12.1 Å². The number of nitrogens with one attached hydrogen (secondary N) is 1. The Morgan fingerprint density at radius 3 is 2.33 bits per heavy atom. The largest absolute Gasteiger partial charge is 0.354 e. The molecule has 0 radical (unpaired) electrons. The summed E-state index contributed by atoms with van der Waals surface area (Å²) < 4.78 is 14.1. The lowest BCUT2D eigenvalue weighted by Gasteiger charge is -2.29. The number of carbonyl (C=O) groups is 2. The van der Waals surface area contributed by atoms with Crippen molar-refractivity contribution in [3.8, 4) is 0 Å². The van der Waals surface area contributed by atoms with Crippen molar-refractivity contribution in [1.29, 1.82) is 0 Å². The number of aryl methyl sites for hydroxylation is 1. The van der Waals surface area contributed by atoms with E-state index in [1.54, 1.807) is 25.1 Å². The van der Waals surface area contributed by atoms with Crippen LogP contribution in [0.1, 0.15) is 37.0 Å². The number of rotatable bonds is 8. The summed E-state index contributed by atoms with van der Waals surface area (Å²) >= 11 is 0. The minimum absolute atomic E-state index is 0.0537. The highest BCUT2D eigenvalue weighted by Crippen LogP contribution is 2.16. The molecule has 2 aromatic rings. The molecule has 0 heterocycles. The highest BCUT2D eigenvalue weighted by atomic mass is 19.1. The molecule has 0 saturated heterocycles. The summed E-state index contributed by atoms with van der Waals surface area (Å²) in [6, 6.07) is 13.3. The van der Waals surface area contributed by atoms with Crippen LogP contribution in [0.15, 0.2) is 48.5 Å². The maximum absolute atomic E-state index is 14.1. The van der Waals surface area contributed by atoms with Crippen LogP contribution in [0.2, 0.25) is 0 Å². The third-order valence-corrected chi connectivity index (χ3v) is 4.62. The van der Waals surface area contributed by atoms with Crippen LogP contribution in [-0.4, -0.2) is 29.3 Å². The minimum Gasteiger partial charge on any atom is -0.354 e. The van der Waals surface area contributed by atoms with Crippen molar-refractivity contribution in [1.82, 2.24) is 10.2 Å². The third-order valence-electron chi connectivity index (χ3n) is 4.62. The molecule has 0 aromatic heterocycles. The molecule has 0 bridgehead atoms. The lowest BCUT2D eigenvalue weighted by Crippen LogP contribution is -2.48. The van der Waals surface area contributed by atoms with Crippen molar-refractivity contribution in [2.45, 2.75) is 46.2 Å². The van der Waals surface area contributed by atoms with Crippen LogP contribution >= 0.6 is 0 Å². The molecule has 2 rings (SSSR count). The van der Waals surface area contributed by atoms with E-state index in [-0.39, 0.29) is 30.6 Å². The van der Waals surface area contributed by atoms with Gasteiger partial charge < -0.3 is 10.2 Å². The predicted molar refractivity (Wildman–Crippen MR) is 105 cm³/mol. The lowest BCUT2D eigenvalue weighted by molar-refractivity contribution is -0.140. The maximum atomic E-state index is 14.1. The second-order valence-corrected chi connectivity index (χ2v) is 6.68. The first-order valence-corrected chi connectivity index (χ1v) is 9.29. The molecule has 4 nitrogen and oxygen atoms in total. The van der Waals surface area contributed by atoms with Crippen molar-refractivity contribution in [2.24, 2.45) is 0 Å². The Morgan fingerprint density at radius 2 is 1.70 bits per heavy atom. The number of amides is 2. The van der Waals surface area contributed by atoms with E-state index < -0.39 is 6.04 Å². The van der Waals surface area contributed by atoms with Gasteiger partial charge in [-0.2, -0.15) is 0 Å². The minimum atomic E-state index is -0.687. The average molecular weight is 370 g/mol. The van der Waals surface area contributed by atoms with E-state index in [0.717, 1.165) is 17.5 Å². The van der Waals surface area contributed by atoms with E-state index in [1.165, 1.54) is 11.0 Å². The van der Waals surface area contributed by atoms with Crippen molar-refractivity contribution < 1.29 is 14.0 Å². The molecule has 0 fully saturated rings. The van der Waals surface area contributed by atoms with E-state index in [9.17, 15) is 14.0 Å². The highest BCUT2D eigenvalue weighted by Gasteiger charge is 2.26. The number of nitrogens with zero attached hydrogens (tertiary/aromatic N) is 1. The molecule has 1 N–H and O–H groups in total. The van der Waals surface area contributed by atoms with E-state index >= 15 is 0 Å². The number of benzene rings is 2. The fourth-order valence-electron chi connectivity index (χ4n) is 2.86. The van der Waals surface area contributed by atoms with Crippen LogP contribution in [0.5, 0.6) is 0 Å². The van der Waals surface area contributed by atoms with Crippen molar-refractivity contribution >= 4 is 11.8 Å². The van der Waals surface area contributed by atoms with Crippen LogP contribution < -0.4 is 5.32 Å². The van der Waals surface area contributed by atoms with Crippen LogP contribution in [0.3, 0.4) is 0 Å². The SMILES string of the molecule is CCCNC(=O)[C@@H](C)N(Cc1ccccc1F)C(=O)Cc1ccccc1C. The number of carbonyl (C=O) groups excluding carboxylic acids is 2. The highest BCUT2D eigenvalue weighted by molar-refractivity contribution is 5.88. The van der Waals surface area contributed by atoms with Crippen LogP contribution in [-0.2, 0) is 22.6 Å². The summed E-state index contributed by atoms with van der Waals surface area (Å²) in [7, 11) is 0. The molecule has 2 aromatic carbocycles. The van der Waals surface area contributed by atoms with E-state index in [2.05, 4.69) is 5.32 Å². The van der Waals surface area contributed by atoms with E-state index in [4.69, 9.17) is 0 Å². The summed E-state index contributed by atoms with van der Waals surface area (Å²) in [4.78, 5) is 26.9. The first-order valence-electron chi connectivity index (χ1n) is 9.29. The van der Waals surface area contributed by atoms with Crippen molar-refractivity contribution in [3.63, 3.8) is 0 Å². The molecule has 0 saturated carbocycles. The van der Waals surface area contributed by atoms with Crippen LogP contribution in [0.25, 0.3) is 0 Å². The number of hydrogen-bond acceptors (Lipinski definition) is 2. The van der Waals surface area contributed by atoms with Crippen LogP contribution in [0.4, 0.5) is 4.39 Å². The normalized spacial score (nSPS) is 11.7. The van der Waals surface area contributed by atoms with Gasteiger partial charge in [0.15, 0.2) is 0 Å². The molecular weight excluding hydrogens is 343 g/mol. The molecule has 27 heavy (non-hydrogen) atoms.